The molecular formula is C11H11FN2S. The SMILES string of the molecule is Cc1cc(F)ccc1C(N)c1cncs1. The fourth-order valence-electron chi connectivity index (χ4n) is 1.52. The summed E-state index contributed by atoms with van der Waals surface area (Å²) in [7, 11) is 0. The summed E-state index contributed by atoms with van der Waals surface area (Å²) < 4.78 is 12.9. The number of hydrogen-bond acceptors (Lipinski definition) is 3. The van der Waals surface area contributed by atoms with Gasteiger partial charge in [-0.3, -0.25) is 4.98 Å². The molecule has 1 aromatic carbocycles. The summed E-state index contributed by atoms with van der Waals surface area (Å²) in [4.78, 5) is 4.97. The molecule has 2 aromatic rings. The molecule has 0 saturated carbocycles. The van der Waals surface area contributed by atoms with E-state index in [0.717, 1.165) is 16.0 Å². The van der Waals surface area contributed by atoms with E-state index in [9.17, 15) is 4.39 Å². The normalized spacial score (nSPS) is 12.7. The molecule has 0 bridgehead atoms. The Kier molecular flexibility index (Phi) is 2.79. The van der Waals surface area contributed by atoms with Gasteiger partial charge in [-0.15, -0.1) is 11.3 Å². The van der Waals surface area contributed by atoms with Gasteiger partial charge in [0.2, 0.25) is 0 Å². The second kappa shape index (κ2) is 4.08. The van der Waals surface area contributed by atoms with E-state index >= 15 is 0 Å². The summed E-state index contributed by atoms with van der Waals surface area (Å²) in [6.07, 6.45) is 1.75. The van der Waals surface area contributed by atoms with Crippen LogP contribution in [-0.4, -0.2) is 4.98 Å². The summed E-state index contributed by atoms with van der Waals surface area (Å²) in [6.45, 7) is 1.86. The zero-order chi connectivity index (χ0) is 10.8. The van der Waals surface area contributed by atoms with Crippen molar-refractivity contribution in [3.05, 3.63) is 51.7 Å². The Morgan fingerprint density at radius 2 is 2.27 bits per heavy atom. The average Bonchev–Trinajstić information content (AvgIpc) is 2.69. The Morgan fingerprint density at radius 1 is 1.47 bits per heavy atom. The molecule has 15 heavy (non-hydrogen) atoms. The quantitative estimate of drug-likeness (QED) is 0.848. The van der Waals surface area contributed by atoms with E-state index < -0.39 is 0 Å². The first-order valence-electron chi connectivity index (χ1n) is 4.58. The zero-order valence-electron chi connectivity index (χ0n) is 8.27. The van der Waals surface area contributed by atoms with Crippen LogP contribution in [0.5, 0.6) is 0 Å². The molecule has 2 N–H and O–H groups in total. The van der Waals surface area contributed by atoms with Crippen molar-refractivity contribution in [2.45, 2.75) is 13.0 Å². The fraction of sp³-hybridized carbons (Fsp3) is 0.182. The van der Waals surface area contributed by atoms with Crippen molar-refractivity contribution in [1.29, 1.82) is 0 Å². The molecule has 0 spiro atoms. The Hall–Kier alpha value is -1.26. The molecule has 1 unspecified atom stereocenters. The van der Waals surface area contributed by atoms with Crippen LogP contribution < -0.4 is 5.73 Å². The minimum absolute atomic E-state index is 0.210. The lowest BCUT2D eigenvalue weighted by Crippen LogP contribution is -2.11. The highest BCUT2D eigenvalue weighted by atomic mass is 32.1. The Labute approximate surface area is 91.6 Å². The molecule has 0 amide bonds. The van der Waals surface area contributed by atoms with Gasteiger partial charge in [0.15, 0.2) is 0 Å². The van der Waals surface area contributed by atoms with Crippen LogP contribution >= 0.6 is 11.3 Å². The summed E-state index contributed by atoms with van der Waals surface area (Å²) in [5.74, 6) is -0.229. The van der Waals surface area contributed by atoms with Crippen LogP contribution in [0.15, 0.2) is 29.9 Å². The van der Waals surface area contributed by atoms with Crippen molar-refractivity contribution in [2.24, 2.45) is 5.73 Å². The second-order valence-electron chi connectivity index (χ2n) is 3.38. The van der Waals surface area contributed by atoms with Crippen molar-refractivity contribution < 1.29 is 4.39 Å². The molecule has 0 radical (unpaired) electrons. The highest BCUT2D eigenvalue weighted by molar-refractivity contribution is 7.09. The van der Waals surface area contributed by atoms with Crippen LogP contribution in [0.3, 0.4) is 0 Å². The zero-order valence-corrected chi connectivity index (χ0v) is 9.09. The minimum atomic E-state index is -0.229. The minimum Gasteiger partial charge on any atom is -0.320 e. The Morgan fingerprint density at radius 3 is 2.87 bits per heavy atom. The van der Waals surface area contributed by atoms with Gasteiger partial charge in [0.1, 0.15) is 5.82 Å². The van der Waals surface area contributed by atoms with Gasteiger partial charge in [0, 0.05) is 11.1 Å². The van der Waals surface area contributed by atoms with Crippen molar-refractivity contribution >= 4 is 11.3 Å². The molecule has 0 saturated heterocycles. The summed E-state index contributed by atoms with van der Waals surface area (Å²) in [5, 5.41) is 0. The Balaban J connectivity index is 2.38. The maximum Gasteiger partial charge on any atom is 0.123 e. The van der Waals surface area contributed by atoms with E-state index in [0.29, 0.717) is 0 Å². The molecular weight excluding hydrogens is 211 g/mol. The fourth-order valence-corrected chi connectivity index (χ4v) is 2.16. The average molecular weight is 222 g/mol. The molecule has 2 nitrogen and oxygen atoms in total. The molecule has 2 rings (SSSR count). The van der Waals surface area contributed by atoms with Crippen LogP contribution in [0.25, 0.3) is 0 Å². The second-order valence-corrected chi connectivity index (χ2v) is 4.30. The topological polar surface area (TPSA) is 38.9 Å². The first kappa shape index (κ1) is 10.3. The molecule has 1 heterocycles. The summed E-state index contributed by atoms with van der Waals surface area (Å²) in [5.41, 5.74) is 9.62. The van der Waals surface area contributed by atoms with Crippen LogP contribution in [0.2, 0.25) is 0 Å². The van der Waals surface area contributed by atoms with Crippen LogP contribution in [0.4, 0.5) is 4.39 Å². The maximum atomic E-state index is 12.9. The third-order valence-corrected chi connectivity index (χ3v) is 3.18. The number of aromatic nitrogens is 1. The van der Waals surface area contributed by atoms with Gasteiger partial charge in [-0.2, -0.15) is 0 Å². The molecule has 0 fully saturated rings. The van der Waals surface area contributed by atoms with E-state index in [1.165, 1.54) is 23.5 Å². The van der Waals surface area contributed by atoms with E-state index in [-0.39, 0.29) is 11.9 Å². The largest absolute Gasteiger partial charge is 0.320 e. The smallest absolute Gasteiger partial charge is 0.123 e. The molecule has 0 aliphatic carbocycles. The predicted molar refractivity (Wildman–Crippen MR) is 59.3 cm³/mol. The van der Waals surface area contributed by atoms with Crippen molar-refractivity contribution in [3.63, 3.8) is 0 Å². The molecule has 78 valence electrons. The number of aryl methyl sites for hydroxylation is 1. The van der Waals surface area contributed by atoms with Gasteiger partial charge in [-0.25, -0.2) is 4.39 Å². The van der Waals surface area contributed by atoms with Crippen LogP contribution in [0, 0.1) is 12.7 Å². The molecule has 1 atom stereocenters. The lowest BCUT2D eigenvalue weighted by molar-refractivity contribution is 0.625. The van der Waals surface area contributed by atoms with Crippen molar-refractivity contribution in [2.75, 3.05) is 0 Å². The van der Waals surface area contributed by atoms with Gasteiger partial charge in [-0.1, -0.05) is 6.07 Å². The molecule has 0 aliphatic heterocycles. The van der Waals surface area contributed by atoms with E-state index in [1.807, 2.05) is 6.92 Å². The number of halogens is 1. The lowest BCUT2D eigenvalue weighted by atomic mass is 10.0. The first-order valence-corrected chi connectivity index (χ1v) is 5.46. The van der Waals surface area contributed by atoms with Gasteiger partial charge in [-0.05, 0) is 30.2 Å². The predicted octanol–water partition coefficient (Wildman–Crippen LogP) is 2.64. The first-order chi connectivity index (χ1) is 7.18. The highest BCUT2D eigenvalue weighted by Gasteiger charge is 2.12. The van der Waals surface area contributed by atoms with Crippen LogP contribution in [-0.2, 0) is 0 Å². The monoisotopic (exact) mass is 222 g/mol. The van der Waals surface area contributed by atoms with Gasteiger partial charge in [0.05, 0.1) is 11.6 Å². The third kappa shape index (κ3) is 2.06. The van der Waals surface area contributed by atoms with E-state index in [2.05, 4.69) is 4.98 Å². The maximum absolute atomic E-state index is 12.9. The van der Waals surface area contributed by atoms with Crippen LogP contribution in [0.1, 0.15) is 22.0 Å². The van der Waals surface area contributed by atoms with Gasteiger partial charge < -0.3 is 5.73 Å². The van der Waals surface area contributed by atoms with Gasteiger partial charge in [0.25, 0.3) is 0 Å². The lowest BCUT2D eigenvalue weighted by Gasteiger charge is -2.12. The van der Waals surface area contributed by atoms with E-state index in [1.54, 1.807) is 17.8 Å². The number of hydrogen-bond donors (Lipinski definition) is 1. The number of nitrogens with two attached hydrogens (primary N) is 1. The summed E-state index contributed by atoms with van der Waals surface area (Å²) >= 11 is 1.51. The van der Waals surface area contributed by atoms with Crippen molar-refractivity contribution in [3.8, 4) is 0 Å². The highest BCUT2D eigenvalue weighted by Crippen LogP contribution is 2.25. The molecule has 0 aliphatic rings. The van der Waals surface area contributed by atoms with E-state index in [4.69, 9.17) is 5.73 Å². The number of thiazole rings is 1. The summed E-state index contributed by atoms with van der Waals surface area (Å²) in [6, 6.07) is 4.45. The number of rotatable bonds is 2. The third-order valence-electron chi connectivity index (χ3n) is 2.32. The molecule has 4 heteroatoms. The number of benzene rings is 1. The van der Waals surface area contributed by atoms with Gasteiger partial charge >= 0.3 is 0 Å². The number of nitrogens with zero attached hydrogens (tertiary/aromatic N) is 1. The Bertz CT molecular complexity index is 454. The standard InChI is InChI=1S/C11H11FN2S/c1-7-4-8(12)2-3-9(7)11(13)10-5-14-6-15-10/h2-6,11H,13H2,1H3. The van der Waals surface area contributed by atoms with Crippen molar-refractivity contribution in [1.82, 2.24) is 4.98 Å². The molecule has 1 aromatic heterocycles.